The summed E-state index contributed by atoms with van der Waals surface area (Å²) in [7, 11) is 0. The fourth-order valence-electron chi connectivity index (χ4n) is 4.29. The third kappa shape index (κ3) is 4.59. The molecule has 0 saturated carbocycles. The normalized spacial score (nSPS) is 17.9. The van der Waals surface area contributed by atoms with Gasteiger partial charge >= 0.3 is 5.95 Å². The van der Waals surface area contributed by atoms with Crippen LogP contribution < -0.4 is 14.7 Å². The molecular formula is C20H30ClN7O2+. The van der Waals surface area contributed by atoms with E-state index in [9.17, 15) is 10.2 Å². The molecule has 2 aliphatic rings. The van der Waals surface area contributed by atoms with Gasteiger partial charge in [0.1, 0.15) is 11.0 Å². The van der Waals surface area contributed by atoms with Crippen molar-refractivity contribution in [2.24, 2.45) is 0 Å². The minimum absolute atomic E-state index is 0.0451. The van der Waals surface area contributed by atoms with Crippen LogP contribution in [0.25, 0.3) is 11.0 Å². The van der Waals surface area contributed by atoms with Gasteiger partial charge in [-0.2, -0.15) is 15.0 Å². The number of anilines is 3. The van der Waals surface area contributed by atoms with Gasteiger partial charge in [0.15, 0.2) is 24.7 Å². The summed E-state index contributed by atoms with van der Waals surface area (Å²) in [6, 6.07) is 0. The van der Waals surface area contributed by atoms with Crippen LogP contribution in [-0.2, 0) is 0 Å². The zero-order chi connectivity index (χ0) is 20.9. The van der Waals surface area contributed by atoms with Crippen LogP contribution in [0.5, 0.6) is 0 Å². The summed E-state index contributed by atoms with van der Waals surface area (Å²) in [5.41, 5.74) is 1.36. The molecule has 2 fully saturated rings. The lowest BCUT2D eigenvalue weighted by Gasteiger charge is -2.30. The molecular weight excluding hydrogens is 406 g/mol. The first kappa shape index (κ1) is 21.4. The van der Waals surface area contributed by atoms with Gasteiger partial charge in [0.05, 0.1) is 13.2 Å². The van der Waals surface area contributed by atoms with Crippen LogP contribution in [0.1, 0.15) is 38.5 Å². The first-order chi connectivity index (χ1) is 14.7. The van der Waals surface area contributed by atoms with Gasteiger partial charge in [-0.05, 0) is 50.1 Å². The predicted molar refractivity (Wildman–Crippen MR) is 118 cm³/mol. The number of aromatic nitrogens is 4. The van der Waals surface area contributed by atoms with Crippen molar-refractivity contribution >= 4 is 40.2 Å². The lowest BCUT2D eigenvalue weighted by molar-refractivity contribution is 0.239. The Balaban J connectivity index is 1.88. The van der Waals surface area contributed by atoms with E-state index in [-0.39, 0.29) is 18.5 Å². The van der Waals surface area contributed by atoms with E-state index in [4.69, 9.17) is 21.6 Å². The lowest BCUT2D eigenvalue weighted by Crippen LogP contribution is -2.35. The molecule has 2 saturated heterocycles. The molecule has 0 unspecified atom stereocenters. The molecule has 10 heteroatoms. The van der Waals surface area contributed by atoms with Crippen LogP contribution in [0.3, 0.4) is 0 Å². The summed E-state index contributed by atoms with van der Waals surface area (Å²) in [4.78, 5) is 25.1. The Morgan fingerprint density at radius 3 is 1.73 bits per heavy atom. The average Bonchev–Trinajstić information content (AvgIpc) is 2.79. The van der Waals surface area contributed by atoms with Crippen LogP contribution in [-0.4, -0.2) is 82.6 Å². The monoisotopic (exact) mass is 435 g/mol. The number of fused-ring (bicyclic) bond motifs is 1. The van der Waals surface area contributed by atoms with Crippen molar-refractivity contribution in [3.63, 3.8) is 0 Å². The van der Waals surface area contributed by atoms with Gasteiger partial charge in [0.2, 0.25) is 5.28 Å². The fraction of sp³-hybridized carbons (Fsp3) is 0.700. The van der Waals surface area contributed by atoms with E-state index in [1.54, 1.807) is 0 Å². The molecule has 2 aromatic rings. The van der Waals surface area contributed by atoms with Crippen molar-refractivity contribution in [3.05, 3.63) is 5.28 Å². The summed E-state index contributed by atoms with van der Waals surface area (Å²) in [5, 5.41) is 19.2. The lowest BCUT2D eigenvalue weighted by atomic mass is 10.1. The topological polar surface area (TPSA) is 104 Å². The number of rotatable bonds is 7. The minimum atomic E-state index is -0.0451. The van der Waals surface area contributed by atoms with E-state index >= 15 is 0 Å². The second-order valence-corrected chi connectivity index (χ2v) is 8.23. The van der Waals surface area contributed by atoms with Crippen LogP contribution in [0, 0.1) is 0 Å². The number of piperidine rings is 2. The highest BCUT2D eigenvalue weighted by Gasteiger charge is 2.29. The molecule has 0 spiro atoms. The van der Waals surface area contributed by atoms with E-state index in [2.05, 4.69) is 19.8 Å². The first-order valence-corrected chi connectivity index (χ1v) is 11.3. The van der Waals surface area contributed by atoms with Gasteiger partial charge in [-0.15, -0.1) is 0 Å². The van der Waals surface area contributed by atoms with E-state index in [0.29, 0.717) is 30.1 Å². The molecule has 30 heavy (non-hydrogen) atoms. The van der Waals surface area contributed by atoms with Crippen molar-refractivity contribution in [1.82, 2.24) is 24.8 Å². The highest BCUT2D eigenvalue weighted by atomic mass is 35.5. The first-order valence-electron chi connectivity index (χ1n) is 10.9. The van der Waals surface area contributed by atoms with Crippen LogP contribution >= 0.6 is 11.6 Å². The second kappa shape index (κ2) is 10.00. The van der Waals surface area contributed by atoms with Crippen LogP contribution in [0.2, 0.25) is 5.28 Å². The zero-order valence-corrected chi connectivity index (χ0v) is 18.1. The molecule has 2 N–H and O–H groups in total. The molecule has 2 aromatic heterocycles. The summed E-state index contributed by atoms with van der Waals surface area (Å²) in [6.07, 6.45) is 6.86. The number of hydrogen-bond acceptors (Lipinski definition) is 9. The summed E-state index contributed by atoms with van der Waals surface area (Å²) in [6.45, 7) is 4.25. The number of aliphatic hydroxyl groups excluding tert-OH is 2. The Kier molecular flexibility index (Phi) is 7.14. The Labute approximate surface area is 181 Å². The third-order valence-corrected chi connectivity index (χ3v) is 5.97. The predicted octanol–water partition coefficient (Wildman–Crippen LogP) is 1.81. The number of halogens is 1. The van der Waals surface area contributed by atoms with Gasteiger partial charge in [-0.3, -0.25) is 0 Å². The molecule has 0 bridgehead atoms. The Morgan fingerprint density at radius 2 is 1.20 bits per heavy atom. The number of hydrogen-bond donors (Lipinski definition) is 2. The average molecular weight is 436 g/mol. The Morgan fingerprint density at radius 1 is 0.700 bits per heavy atom. The van der Waals surface area contributed by atoms with Gasteiger partial charge < -0.3 is 20.0 Å². The standard InChI is InChI=1S/C20H30ClN7O2/c21-19-22-15-16(17(24-19)26-7-3-1-4-8-26)23-20(28(11-13-29)12-14-30)25-18(15)27-9-5-2-6-10-27/h29-30H,1-14H2/q+1. The van der Waals surface area contributed by atoms with E-state index in [1.165, 1.54) is 12.8 Å². The van der Waals surface area contributed by atoms with E-state index in [0.717, 1.165) is 63.5 Å². The maximum Gasteiger partial charge on any atom is 0.381 e. The van der Waals surface area contributed by atoms with Crippen molar-refractivity contribution in [2.75, 3.05) is 62.3 Å². The van der Waals surface area contributed by atoms with Crippen molar-refractivity contribution in [1.29, 1.82) is 0 Å². The minimum Gasteiger partial charge on any atom is -0.390 e. The molecule has 0 amide bonds. The van der Waals surface area contributed by atoms with Gasteiger partial charge in [0, 0.05) is 26.2 Å². The Hall–Kier alpha value is -1.81. The molecule has 4 rings (SSSR count). The summed E-state index contributed by atoms with van der Waals surface area (Å²) in [5.74, 6) is 1.99. The molecule has 2 aliphatic heterocycles. The molecule has 0 aliphatic carbocycles. The highest BCUT2D eigenvalue weighted by Crippen LogP contribution is 2.33. The van der Waals surface area contributed by atoms with E-state index in [1.807, 2.05) is 4.90 Å². The van der Waals surface area contributed by atoms with Gasteiger partial charge in [-0.25, -0.2) is 4.98 Å². The molecule has 9 nitrogen and oxygen atoms in total. The quantitative estimate of drug-likeness (QED) is 0.501. The molecule has 0 aromatic carbocycles. The zero-order valence-electron chi connectivity index (χ0n) is 17.3. The maximum absolute atomic E-state index is 9.51. The van der Waals surface area contributed by atoms with Crippen molar-refractivity contribution in [3.8, 4) is 0 Å². The number of nitrogens with zero attached hydrogens (tertiary/aromatic N) is 7. The fourth-order valence-corrected chi connectivity index (χ4v) is 4.46. The smallest absolute Gasteiger partial charge is 0.381 e. The van der Waals surface area contributed by atoms with Gasteiger partial charge in [0.25, 0.3) is 0 Å². The number of aliphatic hydroxyl groups is 2. The largest absolute Gasteiger partial charge is 0.390 e. The van der Waals surface area contributed by atoms with Gasteiger partial charge in [-0.1, -0.05) is 4.90 Å². The van der Waals surface area contributed by atoms with Crippen LogP contribution in [0.15, 0.2) is 0 Å². The molecule has 4 heterocycles. The van der Waals surface area contributed by atoms with Crippen molar-refractivity contribution < 1.29 is 10.2 Å². The third-order valence-electron chi connectivity index (χ3n) is 5.80. The highest BCUT2D eigenvalue weighted by molar-refractivity contribution is 6.29. The SMILES string of the molecule is OCC[N+](CCO)c1nc(N2CCCCC2)c2nc(Cl)nc(N3CCCCC3)c2n1. The molecule has 1 radical (unpaired) electrons. The van der Waals surface area contributed by atoms with Crippen molar-refractivity contribution in [2.45, 2.75) is 38.5 Å². The summed E-state index contributed by atoms with van der Waals surface area (Å²) < 4.78 is 0. The Bertz CT molecular complexity index is 851. The van der Waals surface area contributed by atoms with Crippen LogP contribution in [0.4, 0.5) is 17.6 Å². The van der Waals surface area contributed by atoms with E-state index < -0.39 is 0 Å². The summed E-state index contributed by atoms with van der Waals surface area (Å²) >= 11 is 6.36. The molecule has 0 atom stereocenters. The maximum atomic E-state index is 9.51. The molecule has 163 valence electrons. The second-order valence-electron chi connectivity index (χ2n) is 7.89.